The van der Waals surface area contributed by atoms with Crippen molar-refractivity contribution in [3.63, 3.8) is 0 Å². The van der Waals surface area contributed by atoms with Gasteiger partial charge < -0.3 is 0 Å². The van der Waals surface area contributed by atoms with Crippen molar-refractivity contribution in [2.24, 2.45) is 23.2 Å². The van der Waals surface area contributed by atoms with Gasteiger partial charge in [0.15, 0.2) is 11.6 Å². The highest BCUT2D eigenvalue weighted by Gasteiger charge is 2.63. The number of Topliss-reactive ketones (excluding diaryl/α,β-unsaturated/α-hetero) is 1. The lowest BCUT2D eigenvalue weighted by molar-refractivity contribution is -0.136. The maximum Gasteiger partial charge on any atom is 0.164 e. The second kappa shape index (κ2) is 3.89. The van der Waals surface area contributed by atoms with E-state index < -0.39 is 5.41 Å². The third kappa shape index (κ3) is 1.31. The summed E-state index contributed by atoms with van der Waals surface area (Å²) in [6.07, 6.45) is 6.76. The summed E-state index contributed by atoms with van der Waals surface area (Å²) in [4.78, 5) is 24.9. The van der Waals surface area contributed by atoms with Gasteiger partial charge in [-0.1, -0.05) is 44.0 Å². The Kier molecular flexibility index (Phi) is 2.71. The van der Waals surface area contributed by atoms with Gasteiger partial charge in [-0.3, -0.25) is 9.59 Å². The molecule has 17 heavy (non-hydrogen) atoms. The van der Waals surface area contributed by atoms with Crippen molar-refractivity contribution in [1.82, 2.24) is 0 Å². The zero-order chi connectivity index (χ0) is 12.2. The fourth-order valence-corrected chi connectivity index (χ4v) is 5.13. The Morgan fingerprint density at radius 1 is 1.29 bits per heavy atom. The standard InChI is InChI=1S/C13H12Br2O2/c14-5-8-4-10(16)13(6-15)9-2-1-7(3-9)11(13)12(8)17/h1-2,4,7,9,11H,3,5-6H2. The van der Waals surface area contributed by atoms with Crippen LogP contribution >= 0.6 is 31.9 Å². The van der Waals surface area contributed by atoms with E-state index in [0.717, 1.165) is 6.42 Å². The van der Waals surface area contributed by atoms with E-state index >= 15 is 0 Å². The first-order chi connectivity index (χ1) is 8.15. The van der Waals surface area contributed by atoms with Crippen LogP contribution in [0.3, 0.4) is 0 Å². The minimum atomic E-state index is -0.498. The number of fused-ring (bicyclic) bond motifs is 5. The van der Waals surface area contributed by atoms with E-state index in [4.69, 9.17) is 0 Å². The van der Waals surface area contributed by atoms with E-state index in [1.165, 1.54) is 0 Å². The van der Waals surface area contributed by atoms with Crippen molar-refractivity contribution in [2.45, 2.75) is 6.42 Å². The summed E-state index contributed by atoms with van der Waals surface area (Å²) in [5.41, 5.74) is 0.139. The second-order valence-corrected chi connectivity index (χ2v) is 6.20. The van der Waals surface area contributed by atoms with Crippen LogP contribution in [0, 0.1) is 23.2 Å². The van der Waals surface area contributed by atoms with Crippen LogP contribution < -0.4 is 0 Å². The van der Waals surface area contributed by atoms with Crippen LogP contribution in [0.15, 0.2) is 23.8 Å². The Bertz CT molecular complexity index is 466. The van der Waals surface area contributed by atoms with Crippen LogP contribution in [0.5, 0.6) is 0 Å². The lowest BCUT2D eigenvalue weighted by atomic mass is 9.62. The van der Waals surface area contributed by atoms with Gasteiger partial charge in [0, 0.05) is 22.2 Å². The topological polar surface area (TPSA) is 34.1 Å². The molecule has 0 N–H and O–H groups in total. The van der Waals surface area contributed by atoms with Crippen LogP contribution in [0.4, 0.5) is 0 Å². The van der Waals surface area contributed by atoms with Gasteiger partial charge in [0.2, 0.25) is 0 Å². The molecule has 90 valence electrons. The molecule has 4 atom stereocenters. The van der Waals surface area contributed by atoms with E-state index in [2.05, 4.69) is 44.0 Å². The van der Waals surface area contributed by atoms with Crippen LogP contribution in [0.1, 0.15) is 6.42 Å². The van der Waals surface area contributed by atoms with Crippen LogP contribution in [0.25, 0.3) is 0 Å². The van der Waals surface area contributed by atoms with Crippen molar-refractivity contribution in [3.05, 3.63) is 23.8 Å². The van der Waals surface area contributed by atoms with Crippen molar-refractivity contribution in [3.8, 4) is 0 Å². The summed E-state index contributed by atoms with van der Waals surface area (Å²) in [5, 5.41) is 1.07. The quantitative estimate of drug-likeness (QED) is 0.561. The van der Waals surface area contributed by atoms with E-state index in [9.17, 15) is 9.59 Å². The normalized spacial score (nSPS) is 42.9. The van der Waals surface area contributed by atoms with E-state index in [1.807, 2.05) is 0 Å². The highest BCUT2D eigenvalue weighted by atomic mass is 79.9. The first kappa shape index (κ1) is 11.8. The van der Waals surface area contributed by atoms with Gasteiger partial charge in [-0.05, 0) is 24.3 Å². The van der Waals surface area contributed by atoms with Gasteiger partial charge in [0.1, 0.15) is 0 Å². The minimum Gasteiger partial charge on any atom is -0.294 e. The van der Waals surface area contributed by atoms with Crippen molar-refractivity contribution in [2.75, 3.05) is 10.7 Å². The molecule has 0 aromatic rings. The molecule has 3 rings (SSSR count). The van der Waals surface area contributed by atoms with E-state index in [0.29, 0.717) is 16.2 Å². The highest BCUT2D eigenvalue weighted by Crippen LogP contribution is 2.59. The average molecular weight is 360 g/mol. The Morgan fingerprint density at radius 3 is 2.71 bits per heavy atom. The van der Waals surface area contributed by atoms with Gasteiger partial charge in [-0.2, -0.15) is 0 Å². The molecular weight excluding hydrogens is 348 g/mol. The molecule has 0 aromatic heterocycles. The smallest absolute Gasteiger partial charge is 0.164 e. The van der Waals surface area contributed by atoms with Crippen molar-refractivity contribution in [1.29, 1.82) is 0 Å². The van der Waals surface area contributed by atoms with Crippen molar-refractivity contribution < 1.29 is 9.59 Å². The molecule has 1 saturated carbocycles. The maximum absolute atomic E-state index is 12.4. The number of allylic oxidation sites excluding steroid dienone is 4. The molecule has 2 nitrogen and oxygen atoms in total. The summed E-state index contributed by atoms with van der Waals surface area (Å²) in [6, 6.07) is 0. The molecule has 0 heterocycles. The fraction of sp³-hybridized carbons (Fsp3) is 0.538. The number of hydrogen-bond acceptors (Lipinski definition) is 2. The zero-order valence-electron chi connectivity index (χ0n) is 9.16. The highest BCUT2D eigenvalue weighted by molar-refractivity contribution is 9.09. The molecule has 0 radical (unpaired) electrons. The molecule has 3 aliphatic rings. The lowest BCUT2D eigenvalue weighted by Crippen LogP contribution is -2.49. The first-order valence-electron chi connectivity index (χ1n) is 5.74. The monoisotopic (exact) mass is 358 g/mol. The maximum atomic E-state index is 12.4. The Morgan fingerprint density at radius 2 is 2.06 bits per heavy atom. The molecular formula is C13H12Br2O2. The number of alkyl halides is 2. The number of hydrogen-bond donors (Lipinski definition) is 0. The first-order valence-corrected chi connectivity index (χ1v) is 7.99. The summed E-state index contributed by atoms with van der Waals surface area (Å²) >= 11 is 6.77. The average Bonchev–Trinajstić information content (AvgIpc) is 2.92. The largest absolute Gasteiger partial charge is 0.294 e. The summed E-state index contributed by atoms with van der Waals surface area (Å²) in [7, 11) is 0. The van der Waals surface area contributed by atoms with Crippen molar-refractivity contribution >= 4 is 43.4 Å². The number of halogens is 2. The third-order valence-electron chi connectivity index (χ3n) is 4.49. The molecule has 3 aliphatic carbocycles. The molecule has 0 aromatic carbocycles. The molecule has 0 aliphatic heterocycles. The third-order valence-corrected chi connectivity index (χ3v) is 6.02. The molecule has 0 amide bonds. The number of ketones is 2. The fourth-order valence-electron chi connectivity index (χ4n) is 3.65. The molecule has 0 saturated heterocycles. The number of carbonyl (C=O) groups excluding carboxylic acids is 2. The van der Waals surface area contributed by atoms with Gasteiger partial charge in [0.25, 0.3) is 0 Å². The molecule has 4 heteroatoms. The second-order valence-electron chi connectivity index (χ2n) is 5.07. The summed E-state index contributed by atoms with van der Waals surface area (Å²) < 4.78 is 0. The zero-order valence-corrected chi connectivity index (χ0v) is 12.3. The predicted molar refractivity (Wildman–Crippen MR) is 72.3 cm³/mol. The van der Waals surface area contributed by atoms with Gasteiger partial charge in [0.05, 0.1) is 5.41 Å². The lowest BCUT2D eigenvalue weighted by Gasteiger charge is -2.40. The molecule has 1 fully saturated rings. The Hall–Kier alpha value is -0.220. The Balaban J connectivity index is 2.15. The summed E-state index contributed by atoms with van der Waals surface area (Å²) in [5.74, 6) is 0.656. The predicted octanol–water partition coefficient (Wildman–Crippen LogP) is 2.66. The minimum absolute atomic E-state index is 0.130. The van der Waals surface area contributed by atoms with E-state index in [-0.39, 0.29) is 29.3 Å². The molecule has 0 spiro atoms. The summed E-state index contributed by atoms with van der Waals surface area (Å²) in [6.45, 7) is 0. The van der Waals surface area contributed by atoms with Gasteiger partial charge in [-0.15, -0.1) is 0 Å². The van der Waals surface area contributed by atoms with E-state index in [1.54, 1.807) is 6.08 Å². The van der Waals surface area contributed by atoms with Gasteiger partial charge >= 0.3 is 0 Å². The van der Waals surface area contributed by atoms with Gasteiger partial charge in [-0.25, -0.2) is 0 Å². The number of rotatable bonds is 2. The van der Waals surface area contributed by atoms with Crippen LogP contribution in [-0.2, 0) is 9.59 Å². The molecule has 2 bridgehead atoms. The number of carbonyl (C=O) groups is 2. The molecule has 4 unspecified atom stereocenters. The SMILES string of the molecule is O=C1C(CBr)=CC(=O)C2(CBr)C3C=CC(C3)C12. The Labute approximate surface area is 117 Å². The van der Waals surface area contributed by atoms with Crippen LogP contribution in [0.2, 0.25) is 0 Å². The van der Waals surface area contributed by atoms with Crippen LogP contribution in [-0.4, -0.2) is 22.2 Å².